The summed E-state index contributed by atoms with van der Waals surface area (Å²) >= 11 is 24.9. The third kappa shape index (κ3) is 13.3. The molecule has 0 aromatic carbocycles. The van der Waals surface area contributed by atoms with Crippen molar-refractivity contribution in [3.63, 3.8) is 0 Å². The number of halogens is 6. The zero-order valence-electron chi connectivity index (χ0n) is 7.20. The van der Waals surface area contributed by atoms with Crippen LogP contribution in [0.1, 0.15) is 0 Å². The minimum absolute atomic E-state index is 0.0247. The first-order valence-corrected chi connectivity index (χ1v) is 12.4. The average Bonchev–Trinajstić information content (AvgIpc) is 1.99. The van der Waals surface area contributed by atoms with E-state index in [4.69, 9.17) is 66.9 Å². The molecular weight excluding hydrogens is 382 g/mol. The Bertz CT molecular complexity index is 424. The largest absolute Gasteiger partial charge is 0.263 e. The van der Waals surface area contributed by atoms with Crippen LogP contribution in [0.15, 0.2) is 29.4 Å². The van der Waals surface area contributed by atoms with Gasteiger partial charge in [0.25, 0.3) is 9.05 Å². The smallest absolute Gasteiger partial charge is 0.262 e. The van der Waals surface area contributed by atoms with Gasteiger partial charge < -0.3 is 0 Å². The normalized spacial score (nSPS) is 14.2. The quantitative estimate of drug-likeness (QED) is 0.485. The molecule has 16 heavy (non-hydrogen) atoms. The molecule has 0 unspecified atom stereocenters. The SMILES string of the molecule is ClP(Cl)(Cl)(Cl)Cl.O=S(=O)(Cl)c1cccnc1. The fourth-order valence-electron chi connectivity index (χ4n) is 0.491. The first kappa shape index (κ1) is 17.3. The Morgan fingerprint density at radius 1 is 1.12 bits per heavy atom. The molecule has 0 fully saturated rings. The van der Waals surface area contributed by atoms with E-state index in [1.165, 1.54) is 24.5 Å². The van der Waals surface area contributed by atoms with Gasteiger partial charge in [0.05, 0.1) is 0 Å². The summed E-state index contributed by atoms with van der Waals surface area (Å²) in [5, 5.41) is 0. The molecule has 1 rings (SSSR count). The Morgan fingerprint density at radius 2 is 1.56 bits per heavy atom. The molecule has 1 aromatic rings. The van der Waals surface area contributed by atoms with Crippen molar-refractivity contribution in [2.45, 2.75) is 4.90 Å². The fraction of sp³-hybridized carbons (Fsp3) is 0. The van der Waals surface area contributed by atoms with Crippen molar-refractivity contribution < 1.29 is 8.42 Å². The van der Waals surface area contributed by atoms with E-state index in [1.54, 1.807) is 0 Å². The molecule has 11 heteroatoms. The molecule has 0 aliphatic rings. The van der Waals surface area contributed by atoms with E-state index < -0.39 is 12.4 Å². The Balaban J connectivity index is 0.000000325. The van der Waals surface area contributed by atoms with Crippen LogP contribution >= 0.6 is 70.3 Å². The molecule has 0 radical (unpaired) electrons. The number of aromatic nitrogens is 1. The zero-order valence-corrected chi connectivity index (χ0v) is 13.4. The Kier molecular flexibility index (Phi) is 6.41. The van der Waals surface area contributed by atoms with Crippen LogP contribution in [0.5, 0.6) is 0 Å². The van der Waals surface area contributed by atoms with Gasteiger partial charge in [0, 0.05) is 23.1 Å². The van der Waals surface area contributed by atoms with Crippen LogP contribution in [0.4, 0.5) is 0 Å². The molecular formula is C5H4Cl6NO2PS. The molecule has 94 valence electrons. The third-order valence-electron chi connectivity index (χ3n) is 0.916. The summed E-state index contributed by atoms with van der Waals surface area (Å²) in [6.07, 6.45) is 2.67. The molecule has 0 atom stereocenters. The van der Waals surface area contributed by atoms with Gasteiger partial charge in [0.2, 0.25) is 0 Å². The first-order chi connectivity index (χ1) is 6.84. The predicted octanol–water partition coefficient (Wildman–Crippen LogP) is 5.32. The maximum absolute atomic E-state index is 10.6. The molecule has 1 aromatic heterocycles. The van der Waals surface area contributed by atoms with Gasteiger partial charge >= 0.3 is 59.6 Å². The standard InChI is InChI=1S/C5H4ClNO2S.Cl5P/c6-10(8,9)5-2-1-3-7-4-5;1-6(2,3,4)5/h1-4H;. The van der Waals surface area contributed by atoms with Crippen molar-refractivity contribution in [1.82, 2.24) is 4.98 Å². The minimum Gasteiger partial charge on any atom is -0.263 e. The monoisotopic (exact) mass is 383 g/mol. The van der Waals surface area contributed by atoms with Crippen molar-refractivity contribution in [3.8, 4) is 0 Å². The number of hydrogen-bond acceptors (Lipinski definition) is 3. The van der Waals surface area contributed by atoms with Gasteiger partial charge in [-0.3, -0.25) is 4.98 Å². The van der Waals surface area contributed by atoms with E-state index in [0.717, 1.165) is 0 Å². The molecule has 0 amide bonds. The molecule has 0 saturated heterocycles. The van der Waals surface area contributed by atoms with Crippen LogP contribution in [-0.2, 0) is 9.05 Å². The van der Waals surface area contributed by atoms with Crippen LogP contribution < -0.4 is 0 Å². The Morgan fingerprint density at radius 3 is 1.75 bits per heavy atom. The van der Waals surface area contributed by atoms with Gasteiger partial charge in [-0.1, -0.05) is 0 Å². The summed E-state index contributed by atoms with van der Waals surface area (Å²) in [5.41, 5.74) is 0. The molecule has 0 N–H and O–H groups in total. The second kappa shape index (κ2) is 5.94. The second-order valence-electron chi connectivity index (χ2n) is 2.27. The number of hydrogen-bond donors (Lipinski definition) is 0. The van der Waals surface area contributed by atoms with E-state index in [2.05, 4.69) is 4.98 Å². The fourth-order valence-corrected chi connectivity index (χ4v) is 1.19. The van der Waals surface area contributed by atoms with E-state index in [1.807, 2.05) is 0 Å². The van der Waals surface area contributed by atoms with Crippen molar-refractivity contribution >= 4 is 79.3 Å². The van der Waals surface area contributed by atoms with Crippen molar-refractivity contribution in [3.05, 3.63) is 24.5 Å². The van der Waals surface area contributed by atoms with Crippen molar-refractivity contribution in [2.75, 3.05) is 0 Å². The van der Waals surface area contributed by atoms with Crippen LogP contribution in [-0.4, -0.2) is 13.4 Å². The first-order valence-electron chi connectivity index (χ1n) is 3.30. The summed E-state index contributed by atoms with van der Waals surface area (Å²) in [4.78, 5) is 3.61. The van der Waals surface area contributed by atoms with Gasteiger partial charge in [-0.2, -0.15) is 0 Å². The molecule has 3 nitrogen and oxygen atoms in total. The van der Waals surface area contributed by atoms with E-state index in [0.29, 0.717) is 0 Å². The van der Waals surface area contributed by atoms with Crippen LogP contribution in [0.3, 0.4) is 0 Å². The van der Waals surface area contributed by atoms with Crippen LogP contribution in [0.2, 0.25) is 0 Å². The molecule has 0 spiro atoms. The topological polar surface area (TPSA) is 47.0 Å². The average molecular weight is 386 g/mol. The van der Waals surface area contributed by atoms with Gasteiger partial charge in [-0.05, 0) is 12.1 Å². The second-order valence-corrected chi connectivity index (χ2v) is 21.4. The third-order valence-corrected chi connectivity index (χ3v) is 2.26. The Hall–Kier alpha value is 1.27. The van der Waals surface area contributed by atoms with E-state index in [-0.39, 0.29) is 4.90 Å². The summed E-state index contributed by atoms with van der Waals surface area (Å²) in [6.45, 7) is 0. The summed E-state index contributed by atoms with van der Waals surface area (Å²) in [5.74, 6) is 0. The number of pyridine rings is 1. The summed E-state index contributed by atoms with van der Waals surface area (Å²) in [6, 6.07) is 2.89. The van der Waals surface area contributed by atoms with Crippen molar-refractivity contribution in [1.29, 1.82) is 0 Å². The molecule has 0 saturated carbocycles. The predicted molar refractivity (Wildman–Crippen MR) is 73.5 cm³/mol. The molecule has 0 aliphatic carbocycles. The summed E-state index contributed by atoms with van der Waals surface area (Å²) in [7, 11) is 1.40. The van der Waals surface area contributed by atoms with Gasteiger partial charge in [-0.15, -0.1) is 0 Å². The number of rotatable bonds is 1. The minimum atomic E-state index is -3.69. The van der Waals surface area contributed by atoms with Crippen LogP contribution in [0.25, 0.3) is 0 Å². The zero-order chi connectivity index (χ0) is 13.1. The number of nitrogens with zero attached hydrogens (tertiary/aromatic N) is 1. The molecule has 0 bridgehead atoms. The van der Waals surface area contributed by atoms with Crippen molar-refractivity contribution in [2.24, 2.45) is 0 Å². The Labute approximate surface area is 121 Å². The van der Waals surface area contributed by atoms with Crippen LogP contribution in [0, 0.1) is 0 Å². The van der Waals surface area contributed by atoms with E-state index in [9.17, 15) is 8.42 Å². The molecule has 1 heterocycles. The van der Waals surface area contributed by atoms with Gasteiger partial charge in [0.15, 0.2) is 0 Å². The maximum Gasteiger partial charge on any atom is 0.262 e. The van der Waals surface area contributed by atoms with Gasteiger partial charge in [0.1, 0.15) is 4.90 Å². The summed E-state index contributed by atoms with van der Waals surface area (Å²) < 4.78 is 17.4. The maximum atomic E-state index is 10.6. The van der Waals surface area contributed by atoms with Gasteiger partial charge in [-0.25, -0.2) is 8.42 Å². The molecule has 0 aliphatic heterocycles. The van der Waals surface area contributed by atoms with E-state index >= 15 is 0 Å².